The van der Waals surface area contributed by atoms with Gasteiger partial charge in [-0.1, -0.05) is 37.6 Å². The van der Waals surface area contributed by atoms with Gasteiger partial charge in [-0.25, -0.2) is 0 Å². The van der Waals surface area contributed by atoms with E-state index in [1.54, 1.807) is 0 Å². The molecule has 0 spiro atoms. The van der Waals surface area contributed by atoms with Crippen molar-refractivity contribution in [2.75, 3.05) is 0 Å². The predicted molar refractivity (Wildman–Crippen MR) is 95.7 cm³/mol. The Kier molecular flexibility index (Phi) is 4.47. The summed E-state index contributed by atoms with van der Waals surface area (Å²) in [5.41, 5.74) is -0.476. The van der Waals surface area contributed by atoms with Gasteiger partial charge in [0.1, 0.15) is 11.9 Å². The Morgan fingerprint density at radius 3 is 2.68 bits per heavy atom. The molecular weight excluding hydrogens is 316 g/mol. The van der Waals surface area contributed by atoms with Gasteiger partial charge in [-0.2, -0.15) is 0 Å². The first-order valence-electron chi connectivity index (χ1n) is 9.40. The van der Waals surface area contributed by atoms with E-state index in [9.17, 15) is 14.7 Å². The lowest BCUT2D eigenvalue weighted by Gasteiger charge is -2.41. The van der Waals surface area contributed by atoms with Gasteiger partial charge < -0.3 is 9.84 Å². The summed E-state index contributed by atoms with van der Waals surface area (Å²) in [4.78, 5) is 25.1. The molecule has 0 amide bonds. The van der Waals surface area contributed by atoms with E-state index in [0.717, 1.165) is 12.0 Å². The third-order valence-electron chi connectivity index (χ3n) is 7.03. The van der Waals surface area contributed by atoms with Gasteiger partial charge in [0, 0.05) is 31.1 Å². The van der Waals surface area contributed by atoms with Gasteiger partial charge in [-0.3, -0.25) is 9.59 Å². The Morgan fingerprint density at radius 1 is 1.40 bits per heavy atom. The molecule has 0 heterocycles. The van der Waals surface area contributed by atoms with Crippen LogP contribution in [0.2, 0.25) is 0 Å². The van der Waals surface area contributed by atoms with Crippen LogP contribution in [0, 0.1) is 29.1 Å². The SMILES string of the molecule is CC(=O)O[C@@H]1C2CC[C@@](O)(C(C)C)[C@@H]2CC(=O)[C@@]2(C)C=CC=C(C)[C@@H]12. The van der Waals surface area contributed by atoms with Crippen LogP contribution in [0.15, 0.2) is 23.8 Å². The van der Waals surface area contributed by atoms with Crippen LogP contribution >= 0.6 is 0 Å². The zero-order valence-electron chi connectivity index (χ0n) is 15.9. The number of fused-ring (bicyclic) bond motifs is 2. The van der Waals surface area contributed by atoms with Crippen molar-refractivity contribution in [3.63, 3.8) is 0 Å². The number of rotatable bonds is 2. The Hall–Kier alpha value is -1.42. The Morgan fingerprint density at radius 2 is 2.08 bits per heavy atom. The lowest BCUT2D eigenvalue weighted by molar-refractivity contribution is -0.156. The van der Waals surface area contributed by atoms with Gasteiger partial charge >= 0.3 is 5.97 Å². The molecule has 3 aliphatic carbocycles. The van der Waals surface area contributed by atoms with Crippen molar-refractivity contribution >= 4 is 11.8 Å². The molecule has 4 heteroatoms. The van der Waals surface area contributed by atoms with Crippen LogP contribution in [0.25, 0.3) is 0 Å². The largest absolute Gasteiger partial charge is 0.462 e. The molecule has 0 radical (unpaired) electrons. The third kappa shape index (κ3) is 2.69. The fraction of sp³-hybridized carbons (Fsp3) is 0.714. The molecule has 6 atom stereocenters. The first-order valence-corrected chi connectivity index (χ1v) is 9.40. The minimum Gasteiger partial charge on any atom is -0.462 e. The molecule has 25 heavy (non-hydrogen) atoms. The van der Waals surface area contributed by atoms with Crippen molar-refractivity contribution in [1.29, 1.82) is 0 Å². The quantitative estimate of drug-likeness (QED) is 0.778. The molecule has 3 rings (SSSR count). The number of carbonyl (C=O) groups excluding carboxylic acids is 2. The minimum atomic E-state index is -0.871. The minimum absolute atomic E-state index is 0.0157. The number of ketones is 1. The highest BCUT2D eigenvalue weighted by atomic mass is 16.5. The Balaban J connectivity index is 2.12. The first-order chi connectivity index (χ1) is 11.6. The highest BCUT2D eigenvalue weighted by Gasteiger charge is 2.60. The highest BCUT2D eigenvalue weighted by molar-refractivity contribution is 5.88. The van der Waals surface area contributed by atoms with E-state index in [1.807, 2.05) is 45.9 Å². The maximum Gasteiger partial charge on any atom is 0.302 e. The zero-order chi connectivity index (χ0) is 18.6. The molecule has 0 saturated heterocycles. The van der Waals surface area contributed by atoms with E-state index in [0.29, 0.717) is 12.8 Å². The van der Waals surface area contributed by atoms with Crippen molar-refractivity contribution in [2.24, 2.45) is 29.1 Å². The molecule has 4 nitrogen and oxygen atoms in total. The molecule has 3 aliphatic rings. The normalized spacial score (nSPS) is 43.3. The van der Waals surface area contributed by atoms with Gasteiger partial charge in [0.15, 0.2) is 0 Å². The monoisotopic (exact) mass is 346 g/mol. The van der Waals surface area contributed by atoms with Crippen LogP contribution in [-0.4, -0.2) is 28.6 Å². The number of allylic oxidation sites excluding steroid dienone is 3. The van der Waals surface area contributed by atoms with Crippen molar-refractivity contribution < 1.29 is 19.4 Å². The maximum absolute atomic E-state index is 13.3. The number of aliphatic hydroxyl groups is 1. The van der Waals surface area contributed by atoms with Crippen LogP contribution in [-0.2, 0) is 14.3 Å². The molecule has 0 aromatic heterocycles. The summed E-state index contributed by atoms with van der Waals surface area (Å²) in [6.45, 7) is 9.43. The molecule has 2 fully saturated rings. The first kappa shape index (κ1) is 18.4. The fourth-order valence-corrected chi connectivity index (χ4v) is 5.55. The van der Waals surface area contributed by atoms with Crippen LogP contribution in [0.1, 0.15) is 53.9 Å². The molecule has 0 aromatic rings. The molecule has 1 N–H and O–H groups in total. The molecule has 2 saturated carbocycles. The second-order valence-electron chi connectivity index (χ2n) is 8.69. The van der Waals surface area contributed by atoms with Crippen LogP contribution in [0.3, 0.4) is 0 Å². The second kappa shape index (κ2) is 6.08. The maximum atomic E-state index is 13.3. The van der Waals surface area contributed by atoms with Crippen LogP contribution in [0.4, 0.5) is 0 Å². The summed E-state index contributed by atoms with van der Waals surface area (Å²) >= 11 is 0. The number of hydrogen-bond donors (Lipinski definition) is 1. The molecule has 138 valence electrons. The van der Waals surface area contributed by atoms with Crippen molar-refractivity contribution in [3.05, 3.63) is 23.8 Å². The lowest BCUT2D eigenvalue weighted by atomic mass is 9.65. The number of esters is 1. The number of ether oxygens (including phenoxy) is 1. The molecule has 1 unspecified atom stereocenters. The Labute approximate surface area is 150 Å². The average molecular weight is 346 g/mol. The van der Waals surface area contributed by atoms with Crippen molar-refractivity contribution in [1.82, 2.24) is 0 Å². The van der Waals surface area contributed by atoms with Gasteiger partial charge in [-0.05, 0) is 32.6 Å². The summed E-state index contributed by atoms with van der Waals surface area (Å²) in [6.07, 6.45) is 7.33. The summed E-state index contributed by atoms with van der Waals surface area (Å²) in [7, 11) is 0. The van der Waals surface area contributed by atoms with E-state index in [1.165, 1.54) is 6.92 Å². The molecule has 0 aromatic carbocycles. The van der Waals surface area contributed by atoms with Crippen molar-refractivity contribution in [2.45, 2.75) is 65.6 Å². The predicted octanol–water partition coefficient (Wildman–Crippen LogP) is 3.44. The van der Waals surface area contributed by atoms with Gasteiger partial charge in [0.25, 0.3) is 0 Å². The summed E-state index contributed by atoms with van der Waals surface area (Å²) < 4.78 is 5.83. The van der Waals surface area contributed by atoms with E-state index in [2.05, 4.69) is 0 Å². The van der Waals surface area contributed by atoms with Gasteiger partial charge in [0.2, 0.25) is 0 Å². The van der Waals surface area contributed by atoms with E-state index < -0.39 is 11.0 Å². The number of Topliss-reactive ketones (excluding diaryl/α,β-unsaturated/α-hetero) is 1. The standard InChI is InChI=1S/C21H30O4/c1-12(2)21(24)10-8-15-16(21)11-17(23)20(5)9-6-7-13(3)18(20)19(15)25-14(4)22/h6-7,9,12,15-16,18-19,24H,8,10-11H2,1-5H3/t15?,16-,18+,19-,20-,21-/m1/s1. The number of hydrogen-bond acceptors (Lipinski definition) is 4. The fourth-order valence-electron chi connectivity index (χ4n) is 5.55. The summed E-state index contributed by atoms with van der Waals surface area (Å²) in [6, 6.07) is 0. The molecule has 0 bridgehead atoms. The molecular formula is C21H30O4. The zero-order valence-corrected chi connectivity index (χ0v) is 15.9. The summed E-state index contributed by atoms with van der Waals surface area (Å²) in [5, 5.41) is 11.3. The number of carbonyl (C=O) groups is 2. The van der Waals surface area contributed by atoms with Crippen LogP contribution < -0.4 is 0 Å². The van der Waals surface area contributed by atoms with Crippen molar-refractivity contribution in [3.8, 4) is 0 Å². The highest BCUT2D eigenvalue weighted by Crippen LogP contribution is 2.56. The van der Waals surface area contributed by atoms with Gasteiger partial charge in [0.05, 0.1) is 11.0 Å². The van der Waals surface area contributed by atoms with E-state index in [-0.39, 0.29) is 41.5 Å². The summed E-state index contributed by atoms with van der Waals surface area (Å²) in [5.74, 6) is -0.406. The Bertz CT molecular complexity index is 646. The van der Waals surface area contributed by atoms with E-state index >= 15 is 0 Å². The third-order valence-corrected chi connectivity index (χ3v) is 7.03. The second-order valence-corrected chi connectivity index (χ2v) is 8.69. The van der Waals surface area contributed by atoms with E-state index in [4.69, 9.17) is 4.74 Å². The molecule has 0 aliphatic heterocycles. The van der Waals surface area contributed by atoms with Gasteiger partial charge in [-0.15, -0.1) is 0 Å². The van der Waals surface area contributed by atoms with Crippen LogP contribution in [0.5, 0.6) is 0 Å². The topological polar surface area (TPSA) is 63.6 Å². The smallest absolute Gasteiger partial charge is 0.302 e. The lowest BCUT2D eigenvalue weighted by Crippen LogP contribution is -2.45. The average Bonchev–Trinajstić information content (AvgIpc) is 2.79.